The number of benzene rings is 2. The van der Waals surface area contributed by atoms with Crippen LogP contribution in [-0.4, -0.2) is 35.6 Å². The lowest BCUT2D eigenvalue weighted by Crippen LogP contribution is -2.36. The molecule has 3 amide bonds. The second kappa shape index (κ2) is 8.28. The number of ether oxygens (including phenoxy) is 1. The fourth-order valence-electron chi connectivity index (χ4n) is 2.44. The summed E-state index contributed by atoms with van der Waals surface area (Å²) in [5, 5.41) is 2.68. The summed E-state index contributed by atoms with van der Waals surface area (Å²) in [5.74, 6) is -0.398. The van der Waals surface area contributed by atoms with Crippen LogP contribution in [0.15, 0.2) is 53.4 Å². The van der Waals surface area contributed by atoms with Gasteiger partial charge in [-0.25, -0.2) is 0 Å². The summed E-state index contributed by atoms with van der Waals surface area (Å²) in [6.45, 7) is -0.365. The van der Waals surface area contributed by atoms with Gasteiger partial charge in [0.1, 0.15) is 12.3 Å². The standard InChI is InChI=1S/C19H15ClN2O4S/c1-26-15-5-3-2-4-12(15)10-16-18(24)22(19(25)27-16)11-17(23)21-14-8-6-13(20)7-9-14/h2-10H,11H2,1H3,(H,21,23)/b16-10-. The smallest absolute Gasteiger partial charge is 0.294 e. The van der Waals surface area contributed by atoms with Gasteiger partial charge in [0.2, 0.25) is 5.91 Å². The zero-order valence-electron chi connectivity index (χ0n) is 14.3. The number of methoxy groups -OCH3 is 1. The zero-order valence-corrected chi connectivity index (χ0v) is 15.8. The molecule has 2 aromatic carbocycles. The molecule has 27 heavy (non-hydrogen) atoms. The molecular weight excluding hydrogens is 388 g/mol. The lowest BCUT2D eigenvalue weighted by molar-refractivity contribution is -0.127. The van der Waals surface area contributed by atoms with Crippen molar-refractivity contribution >= 4 is 52.2 Å². The van der Waals surface area contributed by atoms with E-state index in [0.717, 1.165) is 16.7 Å². The van der Waals surface area contributed by atoms with Gasteiger partial charge in [0.15, 0.2) is 0 Å². The van der Waals surface area contributed by atoms with E-state index in [1.165, 1.54) is 7.11 Å². The van der Waals surface area contributed by atoms with Gasteiger partial charge in [0.05, 0.1) is 12.0 Å². The van der Waals surface area contributed by atoms with Crippen LogP contribution in [0, 0.1) is 0 Å². The molecule has 1 aliphatic heterocycles. The number of carbonyl (C=O) groups is 3. The molecule has 1 N–H and O–H groups in total. The topological polar surface area (TPSA) is 75.7 Å². The number of thioether (sulfide) groups is 1. The highest BCUT2D eigenvalue weighted by molar-refractivity contribution is 8.18. The van der Waals surface area contributed by atoms with Crippen LogP contribution in [0.5, 0.6) is 5.75 Å². The van der Waals surface area contributed by atoms with Crippen LogP contribution in [0.1, 0.15) is 5.56 Å². The van der Waals surface area contributed by atoms with E-state index in [4.69, 9.17) is 16.3 Å². The van der Waals surface area contributed by atoms with E-state index >= 15 is 0 Å². The number of para-hydroxylation sites is 1. The molecule has 0 spiro atoms. The molecule has 1 saturated heterocycles. The van der Waals surface area contributed by atoms with E-state index in [0.29, 0.717) is 22.0 Å². The van der Waals surface area contributed by atoms with Crippen LogP contribution in [0.2, 0.25) is 5.02 Å². The van der Waals surface area contributed by atoms with Crippen LogP contribution in [0.3, 0.4) is 0 Å². The number of rotatable bonds is 5. The minimum Gasteiger partial charge on any atom is -0.496 e. The van der Waals surface area contributed by atoms with E-state index in [1.54, 1.807) is 48.5 Å². The van der Waals surface area contributed by atoms with Gasteiger partial charge < -0.3 is 10.1 Å². The first-order valence-corrected chi connectivity index (χ1v) is 9.11. The number of nitrogens with one attached hydrogen (secondary N) is 1. The molecule has 138 valence electrons. The van der Waals surface area contributed by atoms with Crippen molar-refractivity contribution in [3.8, 4) is 5.75 Å². The van der Waals surface area contributed by atoms with Crippen molar-refractivity contribution < 1.29 is 19.1 Å². The number of anilines is 1. The molecule has 0 atom stereocenters. The van der Waals surface area contributed by atoms with Crippen molar-refractivity contribution in [1.29, 1.82) is 0 Å². The van der Waals surface area contributed by atoms with Crippen molar-refractivity contribution in [2.45, 2.75) is 0 Å². The number of amides is 3. The summed E-state index contributed by atoms with van der Waals surface area (Å²) in [7, 11) is 1.53. The first-order chi connectivity index (χ1) is 13.0. The van der Waals surface area contributed by atoms with Gasteiger partial charge in [0.25, 0.3) is 11.1 Å². The van der Waals surface area contributed by atoms with E-state index in [1.807, 2.05) is 6.07 Å². The number of halogens is 1. The second-order valence-corrected chi connectivity index (χ2v) is 6.99. The Labute approximate surface area is 165 Å². The largest absolute Gasteiger partial charge is 0.496 e. The normalized spacial score (nSPS) is 15.3. The Hall–Kier alpha value is -2.77. The van der Waals surface area contributed by atoms with Crippen molar-refractivity contribution in [3.05, 3.63) is 64.0 Å². The Morgan fingerprint density at radius 3 is 2.59 bits per heavy atom. The molecule has 2 aromatic rings. The highest BCUT2D eigenvalue weighted by atomic mass is 35.5. The van der Waals surface area contributed by atoms with Crippen LogP contribution >= 0.6 is 23.4 Å². The molecule has 0 bridgehead atoms. The fraction of sp³-hybridized carbons (Fsp3) is 0.105. The minimum absolute atomic E-state index is 0.240. The Morgan fingerprint density at radius 1 is 1.19 bits per heavy atom. The molecular formula is C19H15ClN2O4S. The van der Waals surface area contributed by atoms with Crippen LogP contribution in [0.25, 0.3) is 6.08 Å². The molecule has 0 saturated carbocycles. The monoisotopic (exact) mass is 402 g/mol. The minimum atomic E-state index is -0.512. The zero-order chi connectivity index (χ0) is 19.4. The van der Waals surface area contributed by atoms with Crippen molar-refractivity contribution in [1.82, 2.24) is 4.90 Å². The van der Waals surface area contributed by atoms with Gasteiger partial charge in [-0.3, -0.25) is 19.3 Å². The van der Waals surface area contributed by atoms with E-state index in [-0.39, 0.29) is 11.4 Å². The van der Waals surface area contributed by atoms with Gasteiger partial charge in [-0.05, 0) is 48.2 Å². The first kappa shape index (κ1) is 19.0. The maximum Gasteiger partial charge on any atom is 0.294 e. The summed E-state index contributed by atoms with van der Waals surface area (Å²) < 4.78 is 5.25. The lowest BCUT2D eigenvalue weighted by atomic mass is 10.2. The predicted molar refractivity (Wildman–Crippen MR) is 106 cm³/mol. The number of carbonyl (C=O) groups excluding carboxylic acids is 3. The molecule has 3 rings (SSSR count). The Balaban J connectivity index is 1.71. The van der Waals surface area contributed by atoms with E-state index < -0.39 is 17.1 Å². The molecule has 1 fully saturated rings. The Morgan fingerprint density at radius 2 is 1.89 bits per heavy atom. The molecule has 0 aliphatic carbocycles. The summed E-state index contributed by atoms with van der Waals surface area (Å²) in [5.41, 5.74) is 1.21. The molecule has 1 heterocycles. The number of imide groups is 1. The number of nitrogens with zero attached hydrogens (tertiary/aromatic N) is 1. The van der Waals surface area contributed by atoms with Gasteiger partial charge in [-0.2, -0.15) is 0 Å². The van der Waals surface area contributed by atoms with E-state index in [2.05, 4.69) is 5.32 Å². The van der Waals surface area contributed by atoms with Crippen molar-refractivity contribution in [3.63, 3.8) is 0 Å². The van der Waals surface area contributed by atoms with Gasteiger partial charge >= 0.3 is 0 Å². The molecule has 0 aromatic heterocycles. The average molecular weight is 403 g/mol. The third-order valence-electron chi connectivity index (χ3n) is 3.73. The third-order valence-corrected chi connectivity index (χ3v) is 4.89. The highest BCUT2D eigenvalue weighted by Crippen LogP contribution is 2.33. The quantitative estimate of drug-likeness (QED) is 0.764. The summed E-state index contributed by atoms with van der Waals surface area (Å²) in [4.78, 5) is 38.0. The first-order valence-electron chi connectivity index (χ1n) is 7.92. The van der Waals surface area contributed by atoms with Gasteiger partial charge in [0, 0.05) is 16.3 Å². The maximum atomic E-state index is 12.5. The number of hydrogen-bond donors (Lipinski definition) is 1. The van der Waals surface area contributed by atoms with E-state index in [9.17, 15) is 14.4 Å². The van der Waals surface area contributed by atoms with Crippen LogP contribution in [-0.2, 0) is 9.59 Å². The Kier molecular flexibility index (Phi) is 5.83. The molecule has 0 unspecified atom stereocenters. The SMILES string of the molecule is COc1ccccc1/C=C1\SC(=O)N(CC(=O)Nc2ccc(Cl)cc2)C1=O. The van der Waals surface area contributed by atoms with Crippen molar-refractivity contribution in [2.24, 2.45) is 0 Å². The Bertz CT molecular complexity index is 928. The molecule has 8 heteroatoms. The fourth-order valence-corrected chi connectivity index (χ4v) is 3.40. The second-order valence-electron chi connectivity index (χ2n) is 5.56. The molecule has 1 aliphatic rings. The van der Waals surface area contributed by atoms with Crippen molar-refractivity contribution in [2.75, 3.05) is 19.0 Å². The molecule has 6 nitrogen and oxygen atoms in total. The summed E-state index contributed by atoms with van der Waals surface area (Å²) in [6.07, 6.45) is 1.58. The highest BCUT2D eigenvalue weighted by Gasteiger charge is 2.36. The van der Waals surface area contributed by atoms with Crippen LogP contribution in [0.4, 0.5) is 10.5 Å². The maximum absolute atomic E-state index is 12.5. The number of hydrogen-bond acceptors (Lipinski definition) is 5. The van der Waals surface area contributed by atoms with Gasteiger partial charge in [-0.1, -0.05) is 29.8 Å². The van der Waals surface area contributed by atoms with Crippen LogP contribution < -0.4 is 10.1 Å². The summed E-state index contributed by atoms with van der Waals surface area (Å²) in [6, 6.07) is 13.7. The summed E-state index contributed by atoms with van der Waals surface area (Å²) >= 11 is 6.59. The van der Waals surface area contributed by atoms with Gasteiger partial charge in [-0.15, -0.1) is 0 Å². The predicted octanol–water partition coefficient (Wildman–Crippen LogP) is 4.02. The third kappa shape index (κ3) is 4.50. The lowest BCUT2D eigenvalue weighted by Gasteiger charge is -2.12. The average Bonchev–Trinajstić information content (AvgIpc) is 2.91. The molecule has 0 radical (unpaired) electrons.